The molecule has 4 heteroatoms. The highest BCUT2D eigenvalue weighted by molar-refractivity contribution is 5.16. The van der Waals surface area contributed by atoms with Crippen molar-refractivity contribution < 1.29 is 5.11 Å². The van der Waals surface area contributed by atoms with Crippen molar-refractivity contribution in [2.45, 2.75) is 39.3 Å². The first-order valence-corrected chi connectivity index (χ1v) is 6.19. The lowest BCUT2D eigenvalue weighted by Gasteiger charge is -2.17. The van der Waals surface area contributed by atoms with E-state index in [9.17, 15) is 5.11 Å². The van der Waals surface area contributed by atoms with Crippen molar-refractivity contribution in [3.63, 3.8) is 0 Å². The van der Waals surface area contributed by atoms with Gasteiger partial charge in [0.05, 0.1) is 24.1 Å². The van der Waals surface area contributed by atoms with Crippen LogP contribution in [0.25, 0.3) is 0 Å². The fraction of sp³-hybridized carbons (Fsp3) is 0.429. The zero-order valence-electron chi connectivity index (χ0n) is 11.1. The molecule has 96 valence electrons. The Morgan fingerprint density at radius 2 is 2.11 bits per heavy atom. The minimum atomic E-state index is -0.908. The first kappa shape index (κ1) is 12.8. The molecule has 0 amide bonds. The summed E-state index contributed by atoms with van der Waals surface area (Å²) < 4.78 is 1.87. The summed E-state index contributed by atoms with van der Waals surface area (Å²) in [6.07, 6.45) is 4.88. The summed E-state index contributed by atoms with van der Waals surface area (Å²) in [4.78, 5) is 4.46. The van der Waals surface area contributed by atoms with Crippen LogP contribution in [0.15, 0.2) is 30.6 Å². The molecule has 2 aromatic rings. The number of aliphatic hydroxyl groups is 1. The molecule has 0 aliphatic heterocycles. The van der Waals surface area contributed by atoms with Crippen molar-refractivity contribution >= 4 is 0 Å². The Hall–Kier alpha value is -1.68. The summed E-state index contributed by atoms with van der Waals surface area (Å²) in [7, 11) is 0. The van der Waals surface area contributed by atoms with E-state index in [0.29, 0.717) is 12.2 Å². The van der Waals surface area contributed by atoms with Crippen LogP contribution in [0.4, 0.5) is 0 Å². The average Bonchev–Trinajstić information content (AvgIpc) is 2.76. The fourth-order valence-corrected chi connectivity index (χ4v) is 1.75. The van der Waals surface area contributed by atoms with E-state index in [4.69, 9.17) is 0 Å². The van der Waals surface area contributed by atoms with Gasteiger partial charge in [-0.15, -0.1) is 0 Å². The van der Waals surface area contributed by atoms with Gasteiger partial charge in [0, 0.05) is 6.20 Å². The minimum Gasteiger partial charge on any atom is -0.384 e. The Morgan fingerprint density at radius 1 is 1.33 bits per heavy atom. The summed E-state index contributed by atoms with van der Waals surface area (Å²) in [6.45, 7) is 6.21. The molecule has 0 saturated carbocycles. The Kier molecular flexibility index (Phi) is 3.48. The van der Waals surface area contributed by atoms with Crippen LogP contribution in [0.2, 0.25) is 0 Å². The smallest absolute Gasteiger partial charge is 0.101 e. The van der Waals surface area contributed by atoms with E-state index in [2.05, 4.69) is 17.0 Å². The molecule has 0 aliphatic rings. The number of aryl methyl sites for hydroxylation is 1. The van der Waals surface area contributed by atoms with Crippen LogP contribution in [0.5, 0.6) is 0 Å². The molecule has 0 aliphatic carbocycles. The summed E-state index contributed by atoms with van der Waals surface area (Å²) in [5.74, 6) is 0. The summed E-state index contributed by atoms with van der Waals surface area (Å²) in [5.41, 5.74) is 1.89. The third kappa shape index (κ3) is 2.96. The molecule has 18 heavy (non-hydrogen) atoms. The van der Waals surface area contributed by atoms with Crippen molar-refractivity contribution in [1.29, 1.82) is 0 Å². The lowest BCUT2D eigenvalue weighted by atomic mass is 10.0. The van der Waals surface area contributed by atoms with Crippen LogP contribution in [-0.4, -0.2) is 19.9 Å². The second-order valence-corrected chi connectivity index (χ2v) is 4.97. The maximum atomic E-state index is 9.94. The number of aromatic nitrogens is 3. The van der Waals surface area contributed by atoms with Crippen LogP contribution in [0.3, 0.4) is 0 Å². The Bertz CT molecular complexity index is 526. The molecule has 0 spiro atoms. The minimum absolute atomic E-state index is 0.629. The monoisotopic (exact) mass is 245 g/mol. The van der Waals surface area contributed by atoms with Crippen molar-refractivity contribution in [3.8, 4) is 0 Å². The van der Waals surface area contributed by atoms with Gasteiger partial charge < -0.3 is 5.11 Å². The van der Waals surface area contributed by atoms with E-state index in [1.165, 1.54) is 5.56 Å². The molecule has 0 saturated heterocycles. The number of nitrogens with zero attached hydrogens (tertiary/aromatic N) is 3. The molecule has 2 rings (SSSR count). The summed E-state index contributed by atoms with van der Waals surface area (Å²) >= 11 is 0. The molecule has 0 aromatic carbocycles. The van der Waals surface area contributed by atoms with Gasteiger partial charge in [0.25, 0.3) is 0 Å². The lowest BCUT2D eigenvalue weighted by Crippen LogP contribution is -2.18. The number of pyridine rings is 1. The van der Waals surface area contributed by atoms with Crippen LogP contribution < -0.4 is 0 Å². The second kappa shape index (κ2) is 4.90. The molecule has 2 aromatic heterocycles. The summed E-state index contributed by atoms with van der Waals surface area (Å²) in [5, 5.41) is 14.2. The predicted octanol–water partition coefficient (Wildman–Crippen LogP) is 2.12. The van der Waals surface area contributed by atoms with Gasteiger partial charge in [-0.2, -0.15) is 5.10 Å². The largest absolute Gasteiger partial charge is 0.384 e. The van der Waals surface area contributed by atoms with E-state index in [-0.39, 0.29) is 0 Å². The number of rotatable bonds is 4. The molecular weight excluding hydrogens is 226 g/mol. The molecule has 0 atom stereocenters. The highest BCUT2D eigenvalue weighted by atomic mass is 16.3. The van der Waals surface area contributed by atoms with Crippen molar-refractivity contribution in [3.05, 3.63) is 47.5 Å². The van der Waals surface area contributed by atoms with Crippen LogP contribution in [0.1, 0.15) is 37.7 Å². The van der Waals surface area contributed by atoms with E-state index in [1.807, 2.05) is 35.3 Å². The van der Waals surface area contributed by atoms with Crippen molar-refractivity contribution in [2.75, 3.05) is 0 Å². The second-order valence-electron chi connectivity index (χ2n) is 4.97. The Labute approximate surface area is 107 Å². The van der Waals surface area contributed by atoms with Gasteiger partial charge in [-0.05, 0) is 38.0 Å². The molecule has 0 fully saturated rings. The van der Waals surface area contributed by atoms with Gasteiger partial charge in [0.15, 0.2) is 0 Å². The molecule has 0 unspecified atom stereocenters. The van der Waals surface area contributed by atoms with Crippen molar-refractivity contribution in [1.82, 2.24) is 14.8 Å². The van der Waals surface area contributed by atoms with E-state index in [0.717, 1.165) is 12.1 Å². The van der Waals surface area contributed by atoms with Gasteiger partial charge in [0.2, 0.25) is 0 Å². The SMILES string of the molecule is CCc1cnn(Cc2cccc(C(C)(C)O)n2)c1. The quantitative estimate of drug-likeness (QED) is 0.897. The standard InChI is InChI=1S/C14H19N3O/c1-4-11-8-15-17(9-11)10-12-6-5-7-13(16-12)14(2,3)18/h5-9,18H,4,10H2,1-3H3. The zero-order chi connectivity index (χ0) is 13.2. The van der Waals surface area contributed by atoms with Gasteiger partial charge >= 0.3 is 0 Å². The van der Waals surface area contributed by atoms with E-state index < -0.39 is 5.60 Å². The number of hydrogen-bond donors (Lipinski definition) is 1. The van der Waals surface area contributed by atoms with Gasteiger partial charge in [-0.3, -0.25) is 9.67 Å². The highest BCUT2D eigenvalue weighted by Gasteiger charge is 2.17. The van der Waals surface area contributed by atoms with Crippen molar-refractivity contribution in [2.24, 2.45) is 0 Å². The van der Waals surface area contributed by atoms with Crippen LogP contribution in [0, 0.1) is 0 Å². The first-order valence-electron chi connectivity index (χ1n) is 6.19. The molecule has 0 bridgehead atoms. The zero-order valence-corrected chi connectivity index (χ0v) is 11.1. The average molecular weight is 245 g/mol. The highest BCUT2D eigenvalue weighted by Crippen LogP contribution is 2.17. The fourth-order valence-electron chi connectivity index (χ4n) is 1.75. The molecule has 1 N–H and O–H groups in total. The lowest BCUT2D eigenvalue weighted by molar-refractivity contribution is 0.0736. The Balaban J connectivity index is 2.19. The maximum absolute atomic E-state index is 9.94. The Morgan fingerprint density at radius 3 is 2.72 bits per heavy atom. The van der Waals surface area contributed by atoms with Gasteiger partial charge in [0.1, 0.15) is 5.60 Å². The number of hydrogen-bond acceptors (Lipinski definition) is 3. The molecular formula is C14H19N3O. The topological polar surface area (TPSA) is 50.9 Å². The molecule has 4 nitrogen and oxygen atoms in total. The third-order valence-corrected chi connectivity index (χ3v) is 2.85. The van der Waals surface area contributed by atoms with Gasteiger partial charge in [-0.25, -0.2) is 0 Å². The van der Waals surface area contributed by atoms with Crippen LogP contribution in [-0.2, 0) is 18.6 Å². The van der Waals surface area contributed by atoms with E-state index >= 15 is 0 Å². The molecule has 0 radical (unpaired) electrons. The predicted molar refractivity (Wildman–Crippen MR) is 70.2 cm³/mol. The third-order valence-electron chi connectivity index (χ3n) is 2.85. The van der Waals surface area contributed by atoms with E-state index in [1.54, 1.807) is 13.8 Å². The van der Waals surface area contributed by atoms with Gasteiger partial charge in [-0.1, -0.05) is 13.0 Å². The van der Waals surface area contributed by atoms with Crippen LogP contribution >= 0.6 is 0 Å². The maximum Gasteiger partial charge on any atom is 0.101 e. The normalized spacial score (nSPS) is 11.8. The summed E-state index contributed by atoms with van der Waals surface area (Å²) in [6, 6.07) is 5.70. The first-order chi connectivity index (χ1) is 8.49. The molecule has 2 heterocycles.